The van der Waals surface area contributed by atoms with Gasteiger partial charge in [0, 0.05) is 16.8 Å². The lowest BCUT2D eigenvalue weighted by molar-refractivity contribution is 0.443. The van der Waals surface area contributed by atoms with Gasteiger partial charge in [0.15, 0.2) is 0 Å². The highest BCUT2D eigenvalue weighted by molar-refractivity contribution is 5.83. The van der Waals surface area contributed by atoms with Crippen LogP contribution in [0.4, 0.5) is 11.4 Å². The van der Waals surface area contributed by atoms with Crippen LogP contribution in [-0.2, 0) is 5.41 Å². The summed E-state index contributed by atoms with van der Waals surface area (Å²) in [5.41, 5.74) is 11.9. The molecule has 0 aliphatic heterocycles. The second-order valence-corrected chi connectivity index (χ2v) is 10.6. The van der Waals surface area contributed by atoms with Gasteiger partial charge in [-0.1, -0.05) is 99.8 Å². The summed E-state index contributed by atoms with van der Waals surface area (Å²) in [5.74, 6) is 0.763. The first-order valence-corrected chi connectivity index (χ1v) is 12.8. The molecule has 0 saturated heterocycles. The second kappa shape index (κ2) is 8.47. The molecule has 1 saturated carbocycles. The summed E-state index contributed by atoms with van der Waals surface area (Å²) in [7, 11) is 0. The summed E-state index contributed by atoms with van der Waals surface area (Å²) in [5, 5.41) is 3.63. The molecule has 34 heavy (non-hydrogen) atoms. The van der Waals surface area contributed by atoms with Crippen molar-refractivity contribution in [1.29, 1.82) is 0 Å². The first-order valence-electron chi connectivity index (χ1n) is 12.8. The lowest BCUT2D eigenvalue weighted by Crippen LogP contribution is -2.15. The van der Waals surface area contributed by atoms with E-state index < -0.39 is 0 Å². The van der Waals surface area contributed by atoms with Gasteiger partial charge in [-0.05, 0) is 82.0 Å². The summed E-state index contributed by atoms with van der Waals surface area (Å²) in [4.78, 5) is 0. The molecule has 170 valence electrons. The maximum atomic E-state index is 3.63. The molecule has 1 N–H and O–H groups in total. The van der Waals surface area contributed by atoms with Gasteiger partial charge in [0.1, 0.15) is 0 Å². The first-order chi connectivity index (χ1) is 16.6. The highest BCUT2D eigenvalue weighted by Crippen LogP contribution is 2.49. The van der Waals surface area contributed by atoms with Gasteiger partial charge in [0.2, 0.25) is 0 Å². The molecule has 1 fully saturated rings. The third kappa shape index (κ3) is 3.74. The van der Waals surface area contributed by atoms with Crippen molar-refractivity contribution in [2.45, 2.75) is 57.3 Å². The van der Waals surface area contributed by atoms with Crippen molar-refractivity contribution in [2.75, 3.05) is 5.32 Å². The van der Waals surface area contributed by atoms with Gasteiger partial charge in [-0.25, -0.2) is 0 Å². The van der Waals surface area contributed by atoms with Gasteiger partial charge in [-0.3, -0.25) is 0 Å². The van der Waals surface area contributed by atoms with E-state index in [4.69, 9.17) is 0 Å². The van der Waals surface area contributed by atoms with Crippen LogP contribution in [0.1, 0.15) is 68.6 Å². The van der Waals surface area contributed by atoms with Crippen LogP contribution < -0.4 is 5.32 Å². The summed E-state index contributed by atoms with van der Waals surface area (Å²) in [6.45, 7) is 4.66. The van der Waals surface area contributed by atoms with Crippen molar-refractivity contribution in [3.05, 3.63) is 108 Å². The SMILES string of the molecule is CC1(C)c2ccccc2-c2ccc(Nc3ccc(-c4ccc(C5CCCCC5)cc4)cc3)cc21. The van der Waals surface area contributed by atoms with Crippen LogP contribution in [0.5, 0.6) is 0 Å². The van der Waals surface area contributed by atoms with Crippen LogP contribution in [0.3, 0.4) is 0 Å². The molecule has 0 unspecified atom stereocenters. The van der Waals surface area contributed by atoms with E-state index in [0.717, 1.165) is 17.3 Å². The number of fused-ring (bicyclic) bond motifs is 3. The van der Waals surface area contributed by atoms with E-state index in [9.17, 15) is 0 Å². The van der Waals surface area contributed by atoms with Crippen LogP contribution >= 0.6 is 0 Å². The highest BCUT2D eigenvalue weighted by Gasteiger charge is 2.35. The largest absolute Gasteiger partial charge is 0.356 e. The van der Waals surface area contributed by atoms with E-state index in [1.807, 2.05) is 0 Å². The molecule has 0 radical (unpaired) electrons. The van der Waals surface area contributed by atoms with Gasteiger partial charge in [-0.15, -0.1) is 0 Å². The summed E-state index contributed by atoms with van der Waals surface area (Å²) >= 11 is 0. The predicted octanol–water partition coefficient (Wildman–Crippen LogP) is 9.45. The lowest BCUT2D eigenvalue weighted by Gasteiger charge is -2.22. The number of anilines is 2. The predicted molar refractivity (Wildman–Crippen MR) is 145 cm³/mol. The maximum absolute atomic E-state index is 3.63. The second-order valence-electron chi connectivity index (χ2n) is 10.6. The molecule has 2 aliphatic rings. The fraction of sp³-hybridized carbons (Fsp3) is 0.273. The minimum atomic E-state index is 0.0251. The van der Waals surface area contributed by atoms with Crippen molar-refractivity contribution in [1.82, 2.24) is 0 Å². The van der Waals surface area contributed by atoms with Gasteiger partial charge in [-0.2, -0.15) is 0 Å². The quantitative estimate of drug-likeness (QED) is 0.331. The third-order valence-electron chi connectivity index (χ3n) is 8.08. The summed E-state index contributed by atoms with van der Waals surface area (Å²) in [6, 6.07) is 33.7. The van der Waals surface area contributed by atoms with Gasteiger partial charge < -0.3 is 5.32 Å². The molecule has 1 heteroatoms. The zero-order valence-corrected chi connectivity index (χ0v) is 20.3. The number of rotatable bonds is 4. The minimum absolute atomic E-state index is 0.0251. The smallest absolute Gasteiger partial charge is 0.0387 e. The van der Waals surface area contributed by atoms with E-state index in [0.29, 0.717) is 0 Å². The fourth-order valence-corrected chi connectivity index (χ4v) is 6.08. The normalized spacial score (nSPS) is 16.6. The zero-order valence-electron chi connectivity index (χ0n) is 20.3. The van der Waals surface area contributed by atoms with Crippen LogP contribution in [0.2, 0.25) is 0 Å². The van der Waals surface area contributed by atoms with E-state index in [1.165, 1.54) is 71.0 Å². The number of nitrogens with one attached hydrogen (secondary N) is 1. The number of benzene rings is 4. The average molecular weight is 444 g/mol. The third-order valence-corrected chi connectivity index (χ3v) is 8.08. The molecule has 0 amide bonds. The maximum Gasteiger partial charge on any atom is 0.0387 e. The molecule has 4 aromatic rings. The topological polar surface area (TPSA) is 12.0 Å². The number of hydrogen-bond donors (Lipinski definition) is 1. The Kier molecular flexibility index (Phi) is 5.29. The Balaban J connectivity index is 1.19. The van der Waals surface area contributed by atoms with Crippen molar-refractivity contribution < 1.29 is 0 Å². The Labute approximate surface area is 203 Å². The molecule has 1 nitrogen and oxygen atoms in total. The van der Waals surface area contributed by atoms with Crippen molar-refractivity contribution in [3.63, 3.8) is 0 Å². The van der Waals surface area contributed by atoms with Crippen LogP contribution in [0, 0.1) is 0 Å². The van der Waals surface area contributed by atoms with Crippen molar-refractivity contribution in [2.24, 2.45) is 0 Å². The average Bonchev–Trinajstić information content (AvgIpc) is 3.12. The van der Waals surface area contributed by atoms with Crippen LogP contribution in [0.15, 0.2) is 91.0 Å². The Morgan fingerprint density at radius 3 is 1.97 bits per heavy atom. The molecule has 0 spiro atoms. The monoisotopic (exact) mass is 443 g/mol. The zero-order chi connectivity index (χ0) is 23.1. The van der Waals surface area contributed by atoms with Gasteiger partial charge in [0.05, 0.1) is 0 Å². The van der Waals surface area contributed by atoms with Gasteiger partial charge >= 0.3 is 0 Å². The Morgan fingerprint density at radius 1 is 0.618 bits per heavy atom. The minimum Gasteiger partial charge on any atom is -0.356 e. The Bertz CT molecular complexity index is 1310. The standard InChI is InChI=1S/C33H33N/c1-33(2)31-11-7-6-10-29(31)30-21-20-28(22-32(30)33)34-27-18-16-26(17-19-27)25-14-12-24(13-15-25)23-8-4-3-5-9-23/h6-7,10-23,34H,3-5,8-9H2,1-2H3. The van der Waals surface area contributed by atoms with E-state index >= 15 is 0 Å². The molecule has 0 bridgehead atoms. The molecule has 0 heterocycles. The molecule has 0 aromatic heterocycles. The lowest BCUT2D eigenvalue weighted by atomic mass is 9.82. The molecular weight excluding hydrogens is 410 g/mol. The van der Waals surface area contributed by atoms with Crippen LogP contribution in [-0.4, -0.2) is 0 Å². The van der Waals surface area contributed by atoms with E-state index in [1.54, 1.807) is 0 Å². The molecular formula is C33H33N. The van der Waals surface area contributed by atoms with E-state index in [2.05, 4.69) is 110 Å². The first kappa shape index (κ1) is 21.2. The van der Waals surface area contributed by atoms with Crippen molar-refractivity contribution >= 4 is 11.4 Å². The van der Waals surface area contributed by atoms with E-state index in [-0.39, 0.29) is 5.41 Å². The summed E-state index contributed by atoms with van der Waals surface area (Å²) < 4.78 is 0. The fourth-order valence-electron chi connectivity index (χ4n) is 6.08. The van der Waals surface area contributed by atoms with Gasteiger partial charge in [0.25, 0.3) is 0 Å². The molecule has 6 rings (SSSR count). The molecule has 0 atom stereocenters. The van der Waals surface area contributed by atoms with Crippen molar-refractivity contribution in [3.8, 4) is 22.3 Å². The Morgan fingerprint density at radius 2 is 1.24 bits per heavy atom. The Hall–Kier alpha value is -3.32. The molecule has 2 aliphatic carbocycles. The van der Waals surface area contributed by atoms with Crippen LogP contribution in [0.25, 0.3) is 22.3 Å². The molecule has 4 aromatic carbocycles. The number of hydrogen-bond acceptors (Lipinski definition) is 1. The highest BCUT2D eigenvalue weighted by atomic mass is 14.9. The summed E-state index contributed by atoms with van der Waals surface area (Å²) in [6.07, 6.45) is 6.88.